The van der Waals surface area contributed by atoms with Gasteiger partial charge in [-0.15, -0.1) is 0 Å². The summed E-state index contributed by atoms with van der Waals surface area (Å²) >= 11 is 0. The van der Waals surface area contributed by atoms with Crippen LogP contribution in [0.1, 0.15) is 39.5 Å². The Morgan fingerprint density at radius 2 is 2.31 bits per heavy atom. The first kappa shape index (κ1) is 13.0. The number of carbonyl (C=O) groups excluding carboxylic acids is 1. The number of hydrogen-bond donors (Lipinski definition) is 2. The minimum Gasteiger partial charge on any atom is -0.342 e. The van der Waals surface area contributed by atoms with Crippen molar-refractivity contribution in [3.63, 3.8) is 0 Å². The first-order valence-corrected chi connectivity index (χ1v) is 5.90. The third-order valence-corrected chi connectivity index (χ3v) is 3.12. The Balaban J connectivity index is 2.22. The van der Waals surface area contributed by atoms with E-state index in [1.165, 1.54) is 12.8 Å². The predicted octanol–water partition coefficient (Wildman–Crippen LogP) is 1.18. The van der Waals surface area contributed by atoms with E-state index in [-0.39, 0.29) is 12.5 Å². The summed E-state index contributed by atoms with van der Waals surface area (Å²) in [6.45, 7) is 4.96. The van der Waals surface area contributed by atoms with Crippen molar-refractivity contribution in [2.75, 3.05) is 13.1 Å². The zero-order valence-electron chi connectivity index (χ0n) is 10.2. The summed E-state index contributed by atoms with van der Waals surface area (Å²) < 4.78 is 0. The Labute approximate surface area is 97.4 Å². The summed E-state index contributed by atoms with van der Waals surface area (Å²) in [5.74, 6) is -0.0927. The number of amides is 1. The molecule has 0 spiro atoms. The van der Waals surface area contributed by atoms with E-state index in [9.17, 15) is 4.79 Å². The lowest BCUT2D eigenvalue weighted by Crippen LogP contribution is -2.42. The summed E-state index contributed by atoms with van der Waals surface area (Å²) in [6.07, 6.45) is 4.77. The fourth-order valence-corrected chi connectivity index (χ4v) is 2.31. The number of nitriles is 1. The molecular weight excluding hydrogens is 202 g/mol. The van der Waals surface area contributed by atoms with E-state index < -0.39 is 0 Å². The van der Waals surface area contributed by atoms with E-state index in [4.69, 9.17) is 5.26 Å². The normalized spacial score (nSPS) is 23.4. The molecule has 0 bridgehead atoms. The van der Waals surface area contributed by atoms with E-state index in [0.29, 0.717) is 18.0 Å². The van der Waals surface area contributed by atoms with Gasteiger partial charge in [0.2, 0.25) is 5.91 Å². The highest BCUT2D eigenvalue weighted by molar-refractivity contribution is 5.78. The van der Waals surface area contributed by atoms with Gasteiger partial charge in [0, 0.05) is 6.04 Å². The van der Waals surface area contributed by atoms with Gasteiger partial charge in [-0.25, -0.2) is 0 Å². The molecule has 1 atom stereocenters. The molecule has 0 saturated heterocycles. The van der Waals surface area contributed by atoms with Crippen molar-refractivity contribution in [3.8, 4) is 6.07 Å². The molecular formula is C12H21N3O. The fourth-order valence-electron chi connectivity index (χ4n) is 2.31. The highest BCUT2D eigenvalue weighted by Crippen LogP contribution is 2.34. The molecule has 1 fully saturated rings. The average Bonchev–Trinajstić information content (AvgIpc) is 2.22. The van der Waals surface area contributed by atoms with Gasteiger partial charge in [-0.05, 0) is 24.7 Å². The Bertz CT molecular complexity index is 280. The molecule has 0 radical (unpaired) electrons. The SMILES string of the molecule is CC1(C)CCCC(NCC(=O)NCC#N)C1. The van der Waals surface area contributed by atoms with Gasteiger partial charge in [-0.1, -0.05) is 20.3 Å². The van der Waals surface area contributed by atoms with Gasteiger partial charge in [0.1, 0.15) is 6.54 Å². The largest absolute Gasteiger partial charge is 0.342 e. The second-order valence-corrected chi connectivity index (χ2v) is 5.27. The topological polar surface area (TPSA) is 64.9 Å². The van der Waals surface area contributed by atoms with Crippen molar-refractivity contribution in [1.29, 1.82) is 5.26 Å². The molecule has 2 N–H and O–H groups in total. The molecule has 1 unspecified atom stereocenters. The molecule has 90 valence electrons. The number of carbonyl (C=O) groups is 1. The molecule has 1 aliphatic carbocycles. The van der Waals surface area contributed by atoms with Crippen LogP contribution in [0.15, 0.2) is 0 Å². The van der Waals surface area contributed by atoms with Gasteiger partial charge < -0.3 is 10.6 Å². The van der Waals surface area contributed by atoms with Crippen LogP contribution in [0.25, 0.3) is 0 Å². The summed E-state index contributed by atoms with van der Waals surface area (Å²) in [7, 11) is 0. The highest BCUT2D eigenvalue weighted by atomic mass is 16.1. The van der Waals surface area contributed by atoms with Crippen LogP contribution >= 0.6 is 0 Å². The lowest BCUT2D eigenvalue weighted by atomic mass is 9.75. The number of rotatable bonds is 4. The second-order valence-electron chi connectivity index (χ2n) is 5.27. The van der Waals surface area contributed by atoms with Crippen LogP contribution < -0.4 is 10.6 Å². The summed E-state index contributed by atoms with van der Waals surface area (Å²) in [5.41, 5.74) is 0.388. The van der Waals surface area contributed by atoms with Gasteiger partial charge >= 0.3 is 0 Å². The van der Waals surface area contributed by atoms with Gasteiger partial charge in [0.15, 0.2) is 0 Å². The molecule has 4 nitrogen and oxygen atoms in total. The van der Waals surface area contributed by atoms with Gasteiger partial charge in [0.25, 0.3) is 0 Å². The first-order valence-electron chi connectivity index (χ1n) is 5.90. The minimum atomic E-state index is -0.0927. The van der Waals surface area contributed by atoms with Crippen LogP contribution in [-0.2, 0) is 4.79 Å². The molecule has 0 heterocycles. The monoisotopic (exact) mass is 223 g/mol. The van der Waals surface area contributed by atoms with Crippen LogP contribution in [0.4, 0.5) is 0 Å². The maximum atomic E-state index is 11.3. The van der Waals surface area contributed by atoms with Crippen molar-refractivity contribution >= 4 is 5.91 Å². The molecule has 1 saturated carbocycles. The van der Waals surface area contributed by atoms with Crippen molar-refractivity contribution in [2.24, 2.45) is 5.41 Å². The van der Waals surface area contributed by atoms with Crippen LogP contribution in [0.2, 0.25) is 0 Å². The van der Waals surface area contributed by atoms with E-state index in [1.54, 1.807) is 0 Å². The van der Waals surface area contributed by atoms with E-state index in [1.807, 2.05) is 6.07 Å². The molecule has 16 heavy (non-hydrogen) atoms. The maximum absolute atomic E-state index is 11.3. The van der Waals surface area contributed by atoms with Crippen LogP contribution in [-0.4, -0.2) is 25.0 Å². The van der Waals surface area contributed by atoms with Crippen molar-refractivity contribution in [3.05, 3.63) is 0 Å². The first-order chi connectivity index (χ1) is 7.53. The average molecular weight is 223 g/mol. The van der Waals surface area contributed by atoms with Crippen molar-refractivity contribution < 1.29 is 4.79 Å². The molecule has 1 aliphatic rings. The smallest absolute Gasteiger partial charge is 0.234 e. The van der Waals surface area contributed by atoms with Crippen molar-refractivity contribution in [2.45, 2.75) is 45.6 Å². The van der Waals surface area contributed by atoms with Crippen molar-refractivity contribution in [1.82, 2.24) is 10.6 Å². The number of nitrogens with zero attached hydrogens (tertiary/aromatic N) is 1. The third kappa shape index (κ3) is 4.63. The summed E-state index contributed by atoms with van der Waals surface area (Å²) in [4.78, 5) is 11.3. The summed E-state index contributed by atoms with van der Waals surface area (Å²) in [5, 5.41) is 14.1. The third-order valence-electron chi connectivity index (χ3n) is 3.12. The van der Waals surface area contributed by atoms with Crippen LogP contribution in [0.3, 0.4) is 0 Å². The lowest BCUT2D eigenvalue weighted by molar-refractivity contribution is -0.120. The lowest BCUT2D eigenvalue weighted by Gasteiger charge is -2.35. The quantitative estimate of drug-likeness (QED) is 0.703. The standard InChI is InChI=1S/C12H21N3O/c1-12(2)5-3-4-10(8-12)15-9-11(16)14-7-6-13/h10,15H,3-5,7-9H2,1-2H3,(H,14,16). The highest BCUT2D eigenvalue weighted by Gasteiger charge is 2.27. The maximum Gasteiger partial charge on any atom is 0.234 e. The molecule has 4 heteroatoms. The van der Waals surface area contributed by atoms with Crippen LogP contribution in [0, 0.1) is 16.7 Å². The number of nitrogens with one attached hydrogen (secondary N) is 2. The molecule has 1 rings (SSSR count). The van der Waals surface area contributed by atoms with Gasteiger partial charge in [-0.2, -0.15) is 5.26 Å². The Hall–Kier alpha value is -1.08. The van der Waals surface area contributed by atoms with Gasteiger partial charge in [-0.3, -0.25) is 4.79 Å². The Morgan fingerprint density at radius 1 is 1.56 bits per heavy atom. The Kier molecular flexibility index (Phi) is 4.75. The van der Waals surface area contributed by atoms with E-state index in [0.717, 1.165) is 12.8 Å². The minimum absolute atomic E-state index is 0.0927. The summed E-state index contributed by atoms with van der Waals surface area (Å²) in [6, 6.07) is 2.33. The number of hydrogen-bond acceptors (Lipinski definition) is 3. The molecule has 0 aliphatic heterocycles. The molecule has 0 aromatic carbocycles. The van der Waals surface area contributed by atoms with E-state index >= 15 is 0 Å². The van der Waals surface area contributed by atoms with Gasteiger partial charge in [0.05, 0.1) is 12.6 Å². The molecule has 0 aromatic heterocycles. The second kappa shape index (κ2) is 5.86. The van der Waals surface area contributed by atoms with Crippen LogP contribution in [0.5, 0.6) is 0 Å². The zero-order valence-corrected chi connectivity index (χ0v) is 10.2. The molecule has 1 amide bonds. The molecule has 0 aromatic rings. The van der Waals surface area contributed by atoms with E-state index in [2.05, 4.69) is 24.5 Å². The Morgan fingerprint density at radius 3 is 2.94 bits per heavy atom. The fraction of sp³-hybridized carbons (Fsp3) is 0.833. The zero-order chi connectivity index (χ0) is 12.0. The predicted molar refractivity (Wildman–Crippen MR) is 62.7 cm³/mol.